The predicted octanol–water partition coefficient (Wildman–Crippen LogP) is 1.77. The number of phenolic OH excluding ortho intramolecular Hbond substituents is 1. The Hall–Kier alpha value is -13.3. The van der Waals surface area contributed by atoms with E-state index in [1.54, 1.807) is 82.4 Å². The summed E-state index contributed by atoms with van der Waals surface area (Å²) in [4.78, 5) is 286. The quantitative estimate of drug-likeness (QED) is 0.0249. The van der Waals surface area contributed by atoms with Crippen LogP contribution in [0, 0.1) is 11.8 Å². The molecule has 0 saturated carbocycles. The van der Waals surface area contributed by atoms with Gasteiger partial charge < -0.3 is 130 Å². The van der Waals surface area contributed by atoms with E-state index in [-0.39, 0.29) is 108 Å². The van der Waals surface area contributed by atoms with Crippen molar-refractivity contribution in [3.8, 4) is 5.75 Å². The molecule has 22 N–H and O–H groups in total. The summed E-state index contributed by atoms with van der Waals surface area (Å²) in [5.74, 6) is -19.2. The first kappa shape index (κ1) is 121. The van der Waals surface area contributed by atoms with E-state index in [0.717, 1.165) is 82.7 Å². The maximum absolute atomic E-state index is 16.1. The summed E-state index contributed by atoms with van der Waals surface area (Å²) in [6.07, 6.45) is 9.74. The van der Waals surface area contributed by atoms with Crippen LogP contribution in [0.1, 0.15) is 219 Å². The van der Waals surface area contributed by atoms with Gasteiger partial charge in [-0.1, -0.05) is 167 Å². The number of rotatable bonds is 39. The lowest BCUT2D eigenvalue weighted by atomic mass is 9.99. The molecule has 149 heavy (non-hydrogen) atoms. The summed E-state index contributed by atoms with van der Waals surface area (Å²) in [5.41, 5.74) is 20.6. The zero-order valence-corrected chi connectivity index (χ0v) is 88.0. The highest BCUT2D eigenvalue weighted by Gasteiger charge is 2.47. The van der Waals surface area contributed by atoms with Gasteiger partial charge >= 0.3 is 11.9 Å². The molecule has 3 fully saturated rings. The largest absolute Gasteiger partial charge is 0.508 e. The van der Waals surface area contributed by atoms with Gasteiger partial charge in [-0.15, -0.1) is 11.8 Å². The number of aliphatic hydroxyl groups is 1. The number of aromatic hydroxyl groups is 1. The SMILES string of the molecule is CCCC[C@H]1C(=O)N(C)[C@@H](CCCC)C(=O)N[C@@H](CC(C)C)C(=O)N[C@H](C(=O)NCC(=O)NCCCCCCCCCCCCC(=O)O)CSCC(=O)N[C@@H](Cc2ccc(O)cc2)C(=O)N(C)[C@@H](C)C(=O)N[C@@H](CC(N)=O)C(=O)N2CCC[C@@H]2C(=O)N[C@@H](CN)C(=O)N[C@@H](CC(C)C)C(=O)N2C[C@H](O)C[C@H]2C(=O)N[C@@H](Cc2c[nH]c3ccccc23)C(=O)N[C@@H](CCN)C(=O)N[C@@H](Cc2cn(CC(=O)O)c3ccccc23)C(=O)N1C. The molecule has 3 aliphatic heterocycles. The van der Waals surface area contributed by atoms with E-state index in [9.17, 15) is 68.1 Å². The van der Waals surface area contributed by atoms with Crippen LogP contribution < -0.4 is 75.7 Å². The average Bonchev–Trinajstić information content (AvgIpc) is 1.65. The lowest BCUT2D eigenvalue weighted by Crippen LogP contribution is -2.62. The molecule has 44 nitrogen and oxygen atoms in total. The second kappa shape index (κ2) is 60.4. The monoisotopic (exact) mass is 2100 g/mol. The van der Waals surface area contributed by atoms with E-state index in [1.807, 2.05) is 13.8 Å². The first-order valence-corrected chi connectivity index (χ1v) is 53.1. The number of likely N-dealkylation sites (N-methyl/N-ethyl adjacent to an activating group) is 3. The predicted molar refractivity (Wildman–Crippen MR) is 557 cm³/mol. The molecule has 0 spiro atoms. The van der Waals surface area contributed by atoms with Gasteiger partial charge in [0.05, 0.1) is 24.8 Å². The van der Waals surface area contributed by atoms with Gasteiger partial charge in [0.25, 0.3) is 0 Å². The van der Waals surface area contributed by atoms with Crippen molar-refractivity contribution in [2.24, 2.45) is 29.0 Å². The zero-order valence-electron chi connectivity index (χ0n) is 87.2. The molecule has 17 amide bonds. The summed E-state index contributed by atoms with van der Waals surface area (Å²) < 4.78 is 1.45. The molecule has 820 valence electrons. The van der Waals surface area contributed by atoms with Gasteiger partial charge in [0.2, 0.25) is 100 Å². The average molecular weight is 2100 g/mol. The molecule has 0 radical (unpaired) electrons. The number of phenols is 1. The van der Waals surface area contributed by atoms with Gasteiger partial charge in [0.15, 0.2) is 0 Å². The first-order valence-electron chi connectivity index (χ1n) is 51.9. The van der Waals surface area contributed by atoms with Crippen molar-refractivity contribution in [3.63, 3.8) is 0 Å². The number of hydrogen-bond acceptors (Lipinski definition) is 24. The van der Waals surface area contributed by atoms with E-state index < -0.39 is 254 Å². The minimum absolute atomic E-state index is 0.00259. The fraction of sp³-hybridized carbons (Fsp3) is 0.606. The fourth-order valence-electron chi connectivity index (χ4n) is 18.9. The van der Waals surface area contributed by atoms with Gasteiger partial charge in [-0.25, -0.2) is 0 Å². The summed E-state index contributed by atoms with van der Waals surface area (Å²) >= 11 is 0.812. The Kier molecular flexibility index (Phi) is 49.0. The van der Waals surface area contributed by atoms with E-state index >= 15 is 38.4 Å². The maximum Gasteiger partial charge on any atom is 0.323 e. The van der Waals surface area contributed by atoms with Crippen LogP contribution in [0.4, 0.5) is 0 Å². The number of nitrogens with two attached hydrogens (primary N) is 3. The van der Waals surface area contributed by atoms with Crippen LogP contribution in [0.15, 0.2) is 85.2 Å². The molecule has 5 aromatic rings. The normalized spacial score (nSPS) is 23.6. The Labute approximate surface area is 873 Å². The molecule has 3 aromatic carbocycles. The molecule has 0 aliphatic carbocycles. The van der Waals surface area contributed by atoms with Crippen molar-refractivity contribution < 1.29 is 112 Å². The van der Waals surface area contributed by atoms with Crippen molar-refractivity contribution in [3.05, 3.63) is 102 Å². The standard InChI is InChI=1S/C104H155N21O23S/c1-11-13-33-82-97(141)113-73(46-61(3)4)94(138)119-80(92(136)110-55-87(129)108-44-28-22-20-18-16-15-17-19-21-23-37-89(131)132)59-149-60-88(130)111-76(48-64-38-40-67(126)41-39-64)100(144)120(8)63(7)91(135)115-78(52-86(107)128)102(146)124-45-29-36-83(124)98(142)118-79(53-106)96(140)116-75(47-62(5)6)103(147)125-57-68(127)51-85(125)99(143)114-74(49-65-54-109-71-32-26-24-30-69(65)71)95(139)112-72(42-43-105)93(137)117-77(101(145)122(10)84(34-14-12-2)104(148)121(82)9)50-66-56-123(58-90(133)134)81-35-27-25-31-70(66)81/h24-27,30-32,35,38-41,54,56,61-63,68,72-80,82-85,109,126-127H,11-23,28-29,33-34,36-37,42-53,55,57-60,105-106H2,1-10H3,(H2,107,128)(H,108,129)(H,110,136)(H,111,130)(H,112,139)(H,113,141)(H,114,143)(H,115,135)(H,116,140)(H,117,137)(H,118,142)(H,119,138)(H,131,132)(H,133,134)/t63-,68+,72-,73-,74-,75-,76-,77-,78-,79-,80-,82-,83+,84-,85-/m0/s1. The van der Waals surface area contributed by atoms with Crippen molar-refractivity contribution in [2.45, 2.75) is 319 Å². The lowest BCUT2D eigenvalue weighted by molar-refractivity contribution is -0.149. The van der Waals surface area contributed by atoms with E-state index in [4.69, 9.17) is 22.3 Å². The molecule has 8 rings (SSSR count). The Morgan fingerprint density at radius 3 is 1.68 bits per heavy atom. The number of H-pyrrole nitrogens is 1. The number of carbonyl (C=O) groups excluding carboxylic acids is 17. The topological polar surface area (TPSA) is 653 Å². The molecular weight excluding hydrogens is 1940 g/mol. The van der Waals surface area contributed by atoms with Gasteiger partial charge in [0.1, 0.15) is 96.9 Å². The highest BCUT2D eigenvalue weighted by atomic mass is 32.2. The number of aliphatic carboxylic acids is 2. The number of thioether (sulfide) groups is 1. The highest BCUT2D eigenvalue weighted by Crippen LogP contribution is 2.30. The molecule has 0 bridgehead atoms. The van der Waals surface area contributed by atoms with Gasteiger partial charge in [-0.05, 0) is 124 Å². The van der Waals surface area contributed by atoms with Crippen LogP contribution >= 0.6 is 11.8 Å². The molecule has 2 aromatic heterocycles. The second-order valence-corrected chi connectivity index (χ2v) is 40.9. The Morgan fingerprint density at radius 1 is 0.510 bits per heavy atom. The van der Waals surface area contributed by atoms with Crippen molar-refractivity contribution in [1.82, 2.24) is 92.5 Å². The Morgan fingerprint density at radius 2 is 1.05 bits per heavy atom. The van der Waals surface area contributed by atoms with E-state index in [2.05, 4.69) is 63.5 Å². The summed E-state index contributed by atoms with van der Waals surface area (Å²) in [6.45, 7) is 9.70. The van der Waals surface area contributed by atoms with Crippen molar-refractivity contribution in [2.75, 3.05) is 71.9 Å². The van der Waals surface area contributed by atoms with Crippen LogP contribution in [0.3, 0.4) is 0 Å². The second-order valence-electron chi connectivity index (χ2n) is 39.9. The third kappa shape index (κ3) is 36.9. The van der Waals surface area contributed by atoms with Crippen LogP contribution in [0.2, 0.25) is 0 Å². The van der Waals surface area contributed by atoms with Crippen molar-refractivity contribution >= 4 is 146 Å². The van der Waals surface area contributed by atoms with E-state index in [0.29, 0.717) is 77.0 Å². The maximum atomic E-state index is 16.1. The van der Waals surface area contributed by atoms with Gasteiger partial charge in [-0.2, -0.15) is 0 Å². The Balaban J connectivity index is 1.18. The first-order chi connectivity index (χ1) is 71.0. The van der Waals surface area contributed by atoms with Crippen LogP contribution in [-0.2, 0) is 117 Å². The third-order valence-corrected chi connectivity index (χ3v) is 28.2. The fourth-order valence-corrected chi connectivity index (χ4v) is 19.8. The number of fused-ring (bicyclic) bond motifs is 4. The number of carbonyl (C=O) groups is 19. The number of carboxylic acids is 2. The minimum atomic E-state index is -1.78. The van der Waals surface area contributed by atoms with E-state index in [1.165, 1.54) is 68.0 Å². The number of aliphatic hydroxyl groups excluding tert-OH is 1. The molecule has 3 aliphatic rings. The van der Waals surface area contributed by atoms with Crippen LogP contribution in [0.25, 0.3) is 21.8 Å². The van der Waals surface area contributed by atoms with Crippen LogP contribution in [-0.4, -0.2) is 329 Å². The molecular formula is C104H155N21O23S. The smallest absolute Gasteiger partial charge is 0.323 e. The van der Waals surface area contributed by atoms with Crippen LogP contribution in [0.5, 0.6) is 5.75 Å². The number of hydrogen-bond donors (Lipinski definition) is 19. The number of carboxylic acid groups (broad SMARTS) is 2. The number of benzene rings is 3. The summed E-state index contributed by atoms with van der Waals surface area (Å²) in [5, 5.41) is 71.9. The number of aromatic nitrogens is 2. The zero-order chi connectivity index (χ0) is 109. The Bertz CT molecular complexity index is 5420. The number of amides is 17. The molecule has 5 heterocycles. The summed E-state index contributed by atoms with van der Waals surface area (Å²) in [7, 11) is 3.95. The lowest BCUT2D eigenvalue weighted by Gasteiger charge is -2.36. The molecule has 45 heteroatoms. The number of para-hydroxylation sites is 2. The minimum Gasteiger partial charge on any atom is -0.508 e. The van der Waals surface area contributed by atoms with Gasteiger partial charge in [0, 0.05) is 119 Å². The molecule has 15 atom stereocenters. The number of unbranched alkanes of at least 4 members (excludes halogenated alkanes) is 11. The van der Waals surface area contributed by atoms with Gasteiger partial charge in [-0.3, -0.25) is 91.1 Å². The highest BCUT2D eigenvalue weighted by molar-refractivity contribution is 8.00. The molecule has 3 saturated heterocycles. The number of nitrogens with zero attached hydrogens (tertiary/aromatic N) is 6. The number of aromatic amines is 1. The molecule has 0 unspecified atom stereocenters. The number of nitrogens with one attached hydrogen (secondary N) is 12. The van der Waals surface area contributed by atoms with Crippen molar-refractivity contribution in [1.29, 1.82) is 0 Å². The third-order valence-electron chi connectivity index (χ3n) is 27.2. The number of primary amides is 1. The summed E-state index contributed by atoms with van der Waals surface area (Å²) in [6, 6.07) is -2.20.